The summed E-state index contributed by atoms with van der Waals surface area (Å²) in [7, 11) is 1.65. The van der Waals surface area contributed by atoms with Gasteiger partial charge in [-0.1, -0.05) is 0 Å². The largest absolute Gasteiger partial charge is 0.382 e. The summed E-state index contributed by atoms with van der Waals surface area (Å²) in [5, 5.41) is 2.95. The molecule has 76 valence electrons. The number of methoxy groups -OCH3 is 1. The van der Waals surface area contributed by atoms with Gasteiger partial charge in [0.15, 0.2) is 0 Å². The molecule has 0 aromatic carbocycles. The van der Waals surface area contributed by atoms with Gasteiger partial charge in [-0.15, -0.1) is 0 Å². The third kappa shape index (κ3) is 2.97. The van der Waals surface area contributed by atoms with E-state index in [0.29, 0.717) is 19.8 Å². The van der Waals surface area contributed by atoms with Crippen LogP contribution in [-0.4, -0.2) is 38.4 Å². The number of carbonyl (C=O) groups is 1. The molecule has 1 heterocycles. The molecule has 1 saturated heterocycles. The lowest BCUT2D eigenvalue weighted by Crippen LogP contribution is -2.54. The topological polar surface area (TPSA) is 47.6 Å². The average molecular weight is 187 g/mol. The van der Waals surface area contributed by atoms with Crippen LogP contribution in [0.25, 0.3) is 0 Å². The van der Waals surface area contributed by atoms with Crippen LogP contribution >= 0.6 is 0 Å². The van der Waals surface area contributed by atoms with Crippen molar-refractivity contribution in [1.29, 1.82) is 0 Å². The predicted molar refractivity (Wildman–Crippen MR) is 48.5 cm³/mol. The summed E-state index contributed by atoms with van der Waals surface area (Å²) in [6.07, 6.45) is 1.67. The molecule has 0 aromatic heterocycles. The zero-order valence-electron chi connectivity index (χ0n) is 8.26. The summed E-state index contributed by atoms with van der Waals surface area (Å²) < 4.78 is 10.4. The van der Waals surface area contributed by atoms with Gasteiger partial charge in [0.2, 0.25) is 5.91 Å². The highest BCUT2D eigenvalue weighted by atomic mass is 16.5. The standard InChI is InChI=1S/C9H17NO3/c1-8(11)10-9(7-12-2)3-5-13-6-4-9/h3-7H2,1-2H3,(H,10,11). The smallest absolute Gasteiger partial charge is 0.217 e. The zero-order valence-corrected chi connectivity index (χ0v) is 8.26. The van der Waals surface area contributed by atoms with Crippen LogP contribution in [-0.2, 0) is 14.3 Å². The van der Waals surface area contributed by atoms with E-state index in [1.807, 2.05) is 0 Å². The Labute approximate surface area is 78.6 Å². The van der Waals surface area contributed by atoms with E-state index in [1.54, 1.807) is 7.11 Å². The van der Waals surface area contributed by atoms with Crippen LogP contribution < -0.4 is 5.32 Å². The molecule has 0 bridgehead atoms. The zero-order chi connectivity index (χ0) is 9.73. The Hall–Kier alpha value is -0.610. The first-order valence-electron chi connectivity index (χ1n) is 4.54. The lowest BCUT2D eigenvalue weighted by atomic mass is 9.91. The van der Waals surface area contributed by atoms with Crippen molar-refractivity contribution in [1.82, 2.24) is 5.32 Å². The van der Waals surface area contributed by atoms with E-state index in [4.69, 9.17) is 9.47 Å². The van der Waals surface area contributed by atoms with E-state index < -0.39 is 0 Å². The van der Waals surface area contributed by atoms with Crippen molar-refractivity contribution in [3.63, 3.8) is 0 Å². The number of hydrogen-bond donors (Lipinski definition) is 1. The maximum Gasteiger partial charge on any atom is 0.217 e. The molecule has 0 atom stereocenters. The summed E-state index contributed by atoms with van der Waals surface area (Å²) in [5.41, 5.74) is -0.196. The van der Waals surface area contributed by atoms with Crippen LogP contribution in [0.3, 0.4) is 0 Å². The highest BCUT2D eigenvalue weighted by molar-refractivity contribution is 5.73. The van der Waals surface area contributed by atoms with Gasteiger partial charge in [0.25, 0.3) is 0 Å². The minimum atomic E-state index is -0.196. The summed E-state index contributed by atoms with van der Waals surface area (Å²) >= 11 is 0. The SMILES string of the molecule is COCC1(NC(C)=O)CCOCC1. The number of carbonyl (C=O) groups excluding carboxylic acids is 1. The molecule has 4 heteroatoms. The molecule has 1 N–H and O–H groups in total. The number of rotatable bonds is 3. The van der Waals surface area contributed by atoms with Crippen molar-refractivity contribution >= 4 is 5.91 Å². The van der Waals surface area contributed by atoms with Crippen molar-refractivity contribution in [2.75, 3.05) is 26.9 Å². The predicted octanol–water partition coefficient (Wildman–Crippen LogP) is 0.318. The molecule has 13 heavy (non-hydrogen) atoms. The van der Waals surface area contributed by atoms with Crippen molar-refractivity contribution in [2.24, 2.45) is 0 Å². The van der Waals surface area contributed by atoms with Crippen molar-refractivity contribution in [3.05, 3.63) is 0 Å². The third-order valence-electron chi connectivity index (χ3n) is 2.31. The van der Waals surface area contributed by atoms with Crippen LogP contribution in [0.5, 0.6) is 0 Å². The van der Waals surface area contributed by atoms with Gasteiger partial charge in [-0.2, -0.15) is 0 Å². The first-order chi connectivity index (χ1) is 6.18. The van der Waals surface area contributed by atoms with Crippen LogP contribution in [0.1, 0.15) is 19.8 Å². The normalized spacial score (nSPS) is 21.1. The average Bonchev–Trinajstić information content (AvgIpc) is 2.04. The minimum absolute atomic E-state index is 0.000972. The monoisotopic (exact) mass is 187 g/mol. The summed E-state index contributed by atoms with van der Waals surface area (Å²) in [5.74, 6) is -0.000972. The fraction of sp³-hybridized carbons (Fsp3) is 0.889. The highest BCUT2D eigenvalue weighted by Crippen LogP contribution is 2.20. The molecule has 1 aliphatic rings. The molecule has 0 spiro atoms. The van der Waals surface area contributed by atoms with Gasteiger partial charge in [0.05, 0.1) is 12.1 Å². The first kappa shape index (κ1) is 10.5. The molecular formula is C9H17NO3. The van der Waals surface area contributed by atoms with Crippen molar-refractivity contribution in [3.8, 4) is 0 Å². The van der Waals surface area contributed by atoms with E-state index in [-0.39, 0.29) is 11.4 Å². The van der Waals surface area contributed by atoms with Crippen LogP contribution in [0, 0.1) is 0 Å². The Morgan fingerprint density at radius 1 is 1.54 bits per heavy atom. The van der Waals surface area contributed by atoms with Gasteiger partial charge in [0, 0.05) is 27.2 Å². The number of amides is 1. The lowest BCUT2D eigenvalue weighted by Gasteiger charge is -2.36. The molecular weight excluding hydrogens is 170 g/mol. The molecule has 0 saturated carbocycles. The number of hydrogen-bond acceptors (Lipinski definition) is 3. The van der Waals surface area contributed by atoms with Crippen LogP contribution in [0.2, 0.25) is 0 Å². The lowest BCUT2D eigenvalue weighted by molar-refractivity contribution is -0.123. The second-order valence-electron chi connectivity index (χ2n) is 3.51. The van der Waals surface area contributed by atoms with E-state index in [2.05, 4.69) is 5.32 Å². The summed E-state index contributed by atoms with van der Waals surface area (Å²) in [6, 6.07) is 0. The first-order valence-corrected chi connectivity index (χ1v) is 4.54. The number of ether oxygens (including phenoxy) is 2. The molecule has 0 aromatic rings. The van der Waals surface area contributed by atoms with Gasteiger partial charge in [-0.05, 0) is 12.8 Å². The van der Waals surface area contributed by atoms with E-state index in [9.17, 15) is 4.79 Å². The van der Waals surface area contributed by atoms with Crippen molar-refractivity contribution in [2.45, 2.75) is 25.3 Å². The maximum absolute atomic E-state index is 11.0. The van der Waals surface area contributed by atoms with Crippen molar-refractivity contribution < 1.29 is 14.3 Å². The van der Waals surface area contributed by atoms with E-state index >= 15 is 0 Å². The Bertz CT molecular complexity index is 170. The fourth-order valence-electron chi connectivity index (χ4n) is 1.72. The Kier molecular flexibility index (Phi) is 3.69. The second kappa shape index (κ2) is 4.58. The minimum Gasteiger partial charge on any atom is -0.382 e. The van der Waals surface area contributed by atoms with Gasteiger partial charge < -0.3 is 14.8 Å². The van der Waals surface area contributed by atoms with Crippen LogP contribution in [0.4, 0.5) is 0 Å². The van der Waals surface area contributed by atoms with Gasteiger partial charge >= 0.3 is 0 Å². The highest BCUT2D eigenvalue weighted by Gasteiger charge is 2.33. The van der Waals surface area contributed by atoms with E-state index in [0.717, 1.165) is 12.8 Å². The number of nitrogens with one attached hydrogen (secondary N) is 1. The van der Waals surface area contributed by atoms with Crippen LogP contribution in [0.15, 0.2) is 0 Å². The molecule has 0 unspecified atom stereocenters. The van der Waals surface area contributed by atoms with Gasteiger partial charge in [-0.3, -0.25) is 4.79 Å². The molecule has 1 aliphatic heterocycles. The van der Waals surface area contributed by atoms with Gasteiger partial charge in [-0.25, -0.2) is 0 Å². The second-order valence-corrected chi connectivity index (χ2v) is 3.51. The molecule has 1 amide bonds. The fourth-order valence-corrected chi connectivity index (χ4v) is 1.72. The summed E-state index contributed by atoms with van der Waals surface area (Å²) in [4.78, 5) is 11.0. The molecule has 4 nitrogen and oxygen atoms in total. The summed E-state index contributed by atoms with van der Waals surface area (Å²) in [6.45, 7) is 3.50. The Morgan fingerprint density at radius 2 is 2.15 bits per heavy atom. The van der Waals surface area contributed by atoms with Gasteiger partial charge in [0.1, 0.15) is 0 Å². The molecule has 0 radical (unpaired) electrons. The third-order valence-corrected chi connectivity index (χ3v) is 2.31. The molecule has 1 rings (SSSR count). The Morgan fingerprint density at radius 3 is 2.62 bits per heavy atom. The molecule has 1 fully saturated rings. The molecule has 0 aliphatic carbocycles. The quantitative estimate of drug-likeness (QED) is 0.692. The van der Waals surface area contributed by atoms with E-state index in [1.165, 1.54) is 6.92 Å². The maximum atomic E-state index is 11.0. The Balaban J connectivity index is 2.55.